The third kappa shape index (κ3) is 4.18. The number of hydrogen-bond acceptors (Lipinski definition) is 6. The van der Waals surface area contributed by atoms with Crippen LogP contribution in [0.15, 0.2) is 36.4 Å². The number of aryl methyl sites for hydroxylation is 1. The van der Waals surface area contributed by atoms with Crippen LogP contribution in [-0.4, -0.2) is 52.2 Å². The quantitative estimate of drug-likeness (QED) is 0.683. The molecular formula is C23H24N2O5S. The van der Waals surface area contributed by atoms with E-state index in [-0.39, 0.29) is 36.1 Å². The number of carbonyl (C=O) groups is 3. The summed E-state index contributed by atoms with van der Waals surface area (Å²) in [6.45, 7) is 6.72. The Morgan fingerprint density at radius 1 is 1.10 bits per heavy atom. The van der Waals surface area contributed by atoms with Crippen molar-refractivity contribution in [1.82, 2.24) is 9.80 Å². The van der Waals surface area contributed by atoms with Crippen molar-refractivity contribution in [2.24, 2.45) is 0 Å². The van der Waals surface area contributed by atoms with Crippen molar-refractivity contribution in [3.63, 3.8) is 0 Å². The van der Waals surface area contributed by atoms with E-state index in [2.05, 4.69) is 0 Å². The lowest BCUT2D eigenvalue weighted by atomic mass is 9.97. The molecule has 2 aliphatic rings. The van der Waals surface area contributed by atoms with Crippen molar-refractivity contribution in [2.45, 2.75) is 33.5 Å². The Hall–Kier alpha value is -2.84. The van der Waals surface area contributed by atoms with Crippen LogP contribution in [0.3, 0.4) is 0 Å². The SMILES string of the molecule is Cc1cc2c(c(C)c1C)OCN(CCOC1C(=O)SC(=O)N1Cc1ccccc1)C2=O. The largest absolute Gasteiger partial charge is 0.472 e. The maximum atomic E-state index is 12.9. The molecule has 31 heavy (non-hydrogen) atoms. The van der Waals surface area contributed by atoms with Crippen LogP contribution in [0.4, 0.5) is 4.79 Å². The van der Waals surface area contributed by atoms with Crippen molar-refractivity contribution >= 4 is 28.0 Å². The third-order valence-corrected chi connectivity index (χ3v) is 6.53. The molecule has 0 saturated carbocycles. The van der Waals surface area contributed by atoms with Gasteiger partial charge in [-0.3, -0.25) is 19.3 Å². The summed E-state index contributed by atoms with van der Waals surface area (Å²) in [5, 5.41) is -0.666. The molecule has 0 radical (unpaired) electrons. The maximum Gasteiger partial charge on any atom is 0.292 e. The van der Waals surface area contributed by atoms with Gasteiger partial charge in [0, 0.05) is 24.9 Å². The highest BCUT2D eigenvalue weighted by Gasteiger charge is 2.40. The van der Waals surface area contributed by atoms with Crippen molar-refractivity contribution in [1.29, 1.82) is 0 Å². The van der Waals surface area contributed by atoms with Crippen LogP contribution in [-0.2, 0) is 16.1 Å². The van der Waals surface area contributed by atoms with Gasteiger partial charge >= 0.3 is 0 Å². The number of hydrogen-bond donors (Lipinski definition) is 0. The first-order valence-corrected chi connectivity index (χ1v) is 10.9. The first-order chi connectivity index (χ1) is 14.9. The molecule has 2 heterocycles. The first-order valence-electron chi connectivity index (χ1n) is 10.1. The van der Waals surface area contributed by atoms with E-state index in [1.54, 1.807) is 4.90 Å². The van der Waals surface area contributed by atoms with Crippen LogP contribution in [0.5, 0.6) is 5.75 Å². The second-order valence-corrected chi connectivity index (χ2v) is 8.64. The first kappa shape index (κ1) is 21.4. The molecule has 0 aliphatic carbocycles. The highest BCUT2D eigenvalue weighted by Crippen LogP contribution is 2.33. The molecule has 1 saturated heterocycles. The third-order valence-electron chi connectivity index (χ3n) is 5.72. The molecule has 1 atom stereocenters. The molecule has 0 N–H and O–H groups in total. The molecular weight excluding hydrogens is 416 g/mol. The molecule has 1 fully saturated rings. The van der Waals surface area contributed by atoms with Gasteiger partial charge in [-0.1, -0.05) is 30.3 Å². The Kier molecular flexibility index (Phi) is 6.02. The van der Waals surface area contributed by atoms with E-state index in [9.17, 15) is 14.4 Å². The van der Waals surface area contributed by atoms with Crippen LogP contribution >= 0.6 is 11.8 Å². The molecule has 8 heteroatoms. The average Bonchev–Trinajstić information content (AvgIpc) is 3.02. The minimum Gasteiger partial charge on any atom is -0.472 e. The number of benzene rings is 2. The Balaban J connectivity index is 1.40. The minimum absolute atomic E-state index is 0.115. The Labute approximate surface area is 185 Å². The van der Waals surface area contributed by atoms with E-state index in [4.69, 9.17) is 9.47 Å². The normalized spacial score (nSPS) is 18.4. The number of ether oxygens (including phenoxy) is 2. The number of nitrogens with zero attached hydrogens (tertiary/aromatic N) is 2. The fourth-order valence-electron chi connectivity index (χ4n) is 3.72. The summed E-state index contributed by atoms with van der Waals surface area (Å²) in [5.41, 5.74) is 4.58. The molecule has 1 unspecified atom stereocenters. The number of fused-ring (bicyclic) bond motifs is 1. The van der Waals surface area contributed by atoms with Crippen LogP contribution in [0.2, 0.25) is 0 Å². The fraction of sp³-hybridized carbons (Fsp3) is 0.348. The molecule has 4 rings (SSSR count). The monoisotopic (exact) mass is 440 g/mol. The van der Waals surface area contributed by atoms with Gasteiger partial charge in [0.1, 0.15) is 5.75 Å². The number of rotatable bonds is 6. The fourth-order valence-corrected chi connectivity index (χ4v) is 4.46. The summed E-state index contributed by atoms with van der Waals surface area (Å²) >= 11 is 0.656. The lowest BCUT2D eigenvalue weighted by Crippen LogP contribution is -2.43. The van der Waals surface area contributed by atoms with Gasteiger partial charge in [0.25, 0.3) is 11.1 Å². The Bertz CT molecular complexity index is 1040. The molecule has 7 nitrogen and oxygen atoms in total. The van der Waals surface area contributed by atoms with Crippen LogP contribution in [0.1, 0.15) is 32.6 Å². The van der Waals surface area contributed by atoms with E-state index < -0.39 is 6.23 Å². The molecule has 2 aliphatic heterocycles. The topological polar surface area (TPSA) is 76.2 Å². The van der Waals surface area contributed by atoms with Gasteiger partial charge < -0.3 is 14.4 Å². The summed E-state index contributed by atoms with van der Waals surface area (Å²) in [6, 6.07) is 11.3. The van der Waals surface area contributed by atoms with Crippen LogP contribution < -0.4 is 4.74 Å². The van der Waals surface area contributed by atoms with E-state index >= 15 is 0 Å². The zero-order valence-corrected chi connectivity index (χ0v) is 18.5. The molecule has 0 bridgehead atoms. The highest BCUT2D eigenvalue weighted by molar-refractivity contribution is 8.26. The molecule has 162 valence electrons. The number of thioether (sulfide) groups is 1. The van der Waals surface area contributed by atoms with Gasteiger partial charge in [-0.2, -0.15) is 0 Å². The Morgan fingerprint density at radius 3 is 2.58 bits per heavy atom. The van der Waals surface area contributed by atoms with Crippen molar-refractivity contribution in [3.8, 4) is 5.75 Å². The molecule has 2 aromatic rings. The summed E-state index contributed by atoms with van der Waals surface area (Å²) in [6.07, 6.45) is -0.960. The van der Waals surface area contributed by atoms with Crippen molar-refractivity contribution in [2.75, 3.05) is 19.9 Å². The second-order valence-electron chi connectivity index (χ2n) is 7.69. The predicted molar refractivity (Wildman–Crippen MR) is 117 cm³/mol. The van der Waals surface area contributed by atoms with Gasteiger partial charge in [-0.05, 0) is 49.1 Å². The minimum atomic E-state index is -0.960. The number of amides is 2. The average molecular weight is 441 g/mol. The van der Waals surface area contributed by atoms with E-state index in [0.717, 1.165) is 22.3 Å². The maximum absolute atomic E-state index is 12.9. The smallest absolute Gasteiger partial charge is 0.292 e. The van der Waals surface area contributed by atoms with Gasteiger partial charge in [0.2, 0.25) is 11.3 Å². The Morgan fingerprint density at radius 2 is 1.84 bits per heavy atom. The van der Waals surface area contributed by atoms with Crippen molar-refractivity contribution < 1.29 is 23.9 Å². The van der Waals surface area contributed by atoms with Gasteiger partial charge in [0.05, 0.1) is 12.2 Å². The zero-order valence-electron chi connectivity index (χ0n) is 17.7. The van der Waals surface area contributed by atoms with E-state index in [0.29, 0.717) is 29.6 Å². The lowest BCUT2D eigenvalue weighted by molar-refractivity contribution is -0.130. The van der Waals surface area contributed by atoms with E-state index in [1.807, 2.05) is 57.2 Å². The van der Waals surface area contributed by atoms with Gasteiger partial charge in [-0.25, -0.2) is 0 Å². The standard InChI is InChI=1S/C23H24N2O5S/c1-14-11-18-19(16(3)15(14)2)30-13-24(20(18)26)9-10-29-21-22(27)31-23(28)25(21)12-17-7-5-4-6-8-17/h4-8,11,21H,9-10,12-13H2,1-3H3. The molecule has 0 aromatic heterocycles. The lowest BCUT2D eigenvalue weighted by Gasteiger charge is -2.31. The summed E-state index contributed by atoms with van der Waals surface area (Å²) in [7, 11) is 0. The summed E-state index contributed by atoms with van der Waals surface area (Å²) in [5.74, 6) is 0.507. The van der Waals surface area contributed by atoms with Crippen molar-refractivity contribution in [3.05, 3.63) is 64.2 Å². The summed E-state index contributed by atoms with van der Waals surface area (Å²) < 4.78 is 11.6. The molecule has 2 aromatic carbocycles. The molecule has 0 spiro atoms. The zero-order chi connectivity index (χ0) is 22.1. The number of carbonyl (C=O) groups excluding carboxylic acids is 3. The van der Waals surface area contributed by atoms with Gasteiger partial charge in [-0.15, -0.1) is 0 Å². The van der Waals surface area contributed by atoms with E-state index in [1.165, 1.54) is 4.90 Å². The highest BCUT2D eigenvalue weighted by atomic mass is 32.2. The predicted octanol–water partition coefficient (Wildman–Crippen LogP) is 3.64. The molecule has 2 amide bonds. The van der Waals surface area contributed by atoms with Gasteiger partial charge in [0.15, 0.2) is 6.73 Å². The summed E-state index contributed by atoms with van der Waals surface area (Å²) in [4.78, 5) is 40.4. The van der Waals surface area contributed by atoms with Crippen LogP contribution in [0.25, 0.3) is 0 Å². The van der Waals surface area contributed by atoms with Crippen LogP contribution in [0, 0.1) is 20.8 Å². The second kappa shape index (κ2) is 8.72.